The number of hydrogen-bond donors (Lipinski definition) is 0. The number of para-hydroxylation sites is 1. The quantitative estimate of drug-likeness (QED) is 0.546. The Kier molecular flexibility index (Phi) is 11.7. The molecule has 0 bridgehead atoms. The summed E-state index contributed by atoms with van der Waals surface area (Å²) >= 11 is 0. The molecule has 0 amide bonds. The van der Waals surface area contributed by atoms with Gasteiger partial charge >= 0.3 is 0 Å². The van der Waals surface area contributed by atoms with E-state index in [2.05, 4.69) is 45.0 Å². The minimum atomic E-state index is 0. The molecule has 1 aromatic rings. The van der Waals surface area contributed by atoms with E-state index in [1.165, 1.54) is 16.8 Å². The van der Waals surface area contributed by atoms with Gasteiger partial charge in [-0.1, -0.05) is 38.1 Å². The number of ether oxygens (including phenoxy) is 1. The predicted molar refractivity (Wildman–Crippen MR) is 88.3 cm³/mol. The molecule has 21 heavy (non-hydrogen) atoms. The molecule has 0 saturated carbocycles. The predicted octanol–water partition coefficient (Wildman–Crippen LogP) is 5.57. The van der Waals surface area contributed by atoms with E-state index in [1.807, 2.05) is 26.5 Å². The van der Waals surface area contributed by atoms with Crippen molar-refractivity contribution in [3.63, 3.8) is 0 Å². The van der Waals surface area contributed by atoms with Gasteiger partial charge in [0.15, 0.2) is 0 Å². The van der Waals surface area contributed by atoms with Gasteiger partial charge in [0.2, 0.25) is 0 Å². The molecule has 1 unspecified atom stereocenters. The van der Waals surface area contributed by atoms with Crippen molar-refractivity contribution in [2.45, 2.75) is 53.6 Å². The van der Waals surface area contributed by atoms with Gasteiger partial charge in [-0.3, -0.25) is 4.99 Å². The summed E-state index contributed by atoms with van der Waals surface area (Å²) in [5.74, 6) is 0. The molecule has 0 N–H and O–H groups in total. The Balaban J connectivity index is 0.00000128. The Bertz CT molecular complexity index is 480. The largest absolute Gasteiger partial charge is 0.549 e. The Hall–Kier alpha value is 0.109. The van der Waals surface area contributed by atoms with E-state index in [1.54, 1.807) is 0 Å². The van der Waals surface area contributed by atoms with E-state index in [9.17, 15) is 0 Å². The topological polar surface area (TPSA) is 21.6 Å². The number of allylic oxidation sites excluding steroid dienone is 2. The first-order valence-electron chi connectivity index (χ1n) is 7.46. The zero-order valence-corrected chi connectivity index (χ0v) is 15.3. The average Bonchev–Trinajstić information content (AvgIpc) is 2.49. The maximum Gasteiger partial charge on any atom is 0.0702 e. The van der Waals surface area contributed by atoms with Crippen molar-refractivity contribution in [2.24, 2.45) is 4.99 Å². The van der Waals surface area contributed by atoms with Crippen LogP contribution in [0.5, 0.6) is 0 Å². The molecule has 1 saturated heterocycles. The van der Waals surface area contributed by atoms with Crippen molar-refractivity contribution >= 4 is 17.0 Å². The third-order valence-corrected chi connectivity index (χ3v) is 3.21. The van der Waals surface area contributed by atoms with Crippen LogP contribution in [-0.4, -0.2) is 11.8 Å². The van der Waals surface area contributed by atoms with Crippen LogP contribution in [0, 0.1) is 53.5 Å². The first-order chi connectivity index (χ1) is 9.70. The van der Waals surface area contributed by atoms with E-state index in [0.717, 1.165) is 18.5 Å². The Morgan fingerprint density at radius 1 is 1.33 bits per heavy atom. The first-order valence-corrected chi connectivity index (χ1v) is 7.46. The zero-order chi connectivity index (χ0) is 15.0. The van der Waals surface area contributed by atoms with Crippen molar-refractivity contribution in [3.05, 3.63) is 42.5 Å². The van der Waals surface area contributed by atoms with Gasteiger partial charge < -0.3 is 4.74 Å². The summed E-state index contributed by atoms with van der Waals surface area (Å²) in [7, 11) is 0. The van der Waals surface area contributed by atoms with Gasteiger partial charge in [0, 0.05) is 65.0 Å². The first kappa shape index (κ1) is 21.1. The fourth-order valence-corrected chi connectivity index (χ4v) is 2.09. The van der Waals surface area contributed by atoms with Crippen LogP contribution in [0.4, 0.5) is 5.69 Å². The van der Waals surface area contributed by atoms with Crippen LogP contribution in [-0.2, 0) is 4.74 Å². The van der Waals surface area contributed by atoms with Crippen LogP contribution in [0.3, 0.4) is 0 Å². The number of hydrogen-bond acceptors (Lipinski definition) is 2. The molecule has 0 aliphatic carbocycles. The van der Waals surface area contributed by atoms with Crippen molar-refractivity contribution in [2.75, 3.05) is 0 Å². The van der Waals surface area contributed by atoms with Crippen LogP contribution in [0.2, 0.25) is 0 Å². The molecule has 2 rings (SSSR count). The number of aliphatic imine (C=N–C) groups is 1. The average molecular weight is 445 g/mol. The SMILES string of the molecule is CC.CC=C(C)c1ccccc1N=C1C[CH-]OC(C)C1.[Yb]. The van der Waals surface area contributed by atoms with E-state index in [-0.39, 0.29) is 53.0 Å². The van der Waals surface area contributed by atoms with E-state index >= 15 is 0 Å². The van der Waals surface area contributed by atoms with Gasteiger partial charge in [0.1, 0.15) is 0 Å². The van der Waals surface area contributed by atoms with E-state index in [0.29, 0.717) is 0 Å². The Labute approximate surface area is 168 Å². The van der Waals surface area contributed by atoms with Crippen LogP contribution in [0.1, 0.15) is 53.0 Å². The molecule has 124 valence electrons. The van der Waals surface area contributed by atoms with E-state index in [4.69, 9.17) is 9.73 Å². The smallest absolute Gasteiger partial charge is 0.0702 e. The van der Waals surface area contributed by atoms with Crippen molar-refractivity contribution < 1.29 is 51.7 Å². The minimum Gasteiger partial charge on any atom is -0.549 e. The third kappa shape index (κ3) is 6.81. The Morgan fingerprint density at radius 3 is 2.62 bits per heavy atom. The number of rotatable bonds is 2. The number of benzene rings is 1. The summed E-state index contributed by atoms with van der Waals surface area (Å²) in [5, 5.41) is 0. The molecule has 0 spiro atoms. The minimum absolute atomic E-state index is 0. The molecule has 1 atom stereocenters. The van der Waals surface area contributed by atoms with Crippen molar-refractivity contribution in [1.82, 2.24) is 0 Å². The van der Waals surface area contributed by atoms with Crippen LogP contribution >= 0.6 is 0 Å². The molecule has 1 aliphatic rings. The maximum atomic E-state index is 5.43. The molecule has 1 fully saturated rings. The second kappa shape index (κ2) is 11.6. The fraction of sp³-hybridized carbons (Fsp3) is 0.444. The van der Waals surface area contributed by atoms with Gasteiger partial charge in [-0.15, -0.1) is 6.42 Å². The van der Waals surface area contributed by atoms with Gasteiger partial charge in [-0.2, -0.15) is 0 Å². The second-order valence-electron chi connectivity index (χ2n) is 4.69. The van der Waals surface area contributed by atoms with Crippen LogP contribution < -0.4 is 0 Å². The molecule has 0 radical (unpaired) electrons. The number of nitrogens with zero attached hydrogens (tertiary/aromatic N) is 1. The van der Waals surface area contributed by atoms with Crippen molar-refractivity contribution in [1.29, 1.82) is 0 Å². The monoisotopic (exact) mass is 446 g/mol. The summed E-state index contributed by atoms with van der Waals surface area (Å²) in [6, 6.07) is 8.31. The Morgan fingerprint density at radius 2 is 2.00 bits per heavy atom. The van der Waals surface area contributed by atoms with Gasteiger partial charge in [-0.05, 0) is 38.1 Å². The molecule has 1 aliphatic heterocycles. The van der Waals surface area contributed by atoms with Gasteiger partial charge in [-0.25, -0.2) is 6.61 Å². The maximum absolute atomic E-state index is 5.43. The molecule has 0 aromatic heterocycles. The van der Waals surface area contributed by atoms with Crippen LogP contribution in [0.15, 0.2) is 35.3 Å². The summed E-state index contributed by atoms with van der Waals surface area (Å²) in [4.78, 5) is 4.80. The van der Waals surface area contributed by atoms with Gasteiger partial charge in [0.25, 0.3) is 0 Å². The van der Waals surface area contributed by atoms with Gasteiger partial charge in [0.05, 0.1) is 5.69 Å². The molecule has 1 heterocycles. The standard InChI is InChI=1S/C16H20NO.C2H6.Yb/c1-4-12(2)15-7-5-6-8-16(15)17-14-9-10-18-13(3)11-14;1-2;/h4-8,10,13H,9,11H2,1-3H3;1-2H3;/q-1;;. The van der Waals surface area contributed by atoms with Crippen LogP contribution in [0.25, 0.3) is 5.57 Å². The molecule has 2 nitrogen and oxygen atoms in total. The molecular weight excluding hydrogens is 419 g/mol. The molecule has 1 aromatic carbocycles. The fourth-order valence-electron chi connectivity index (χ4n) is 2.09. The summed E-state index contributed by atoms with van der Waals surface area (Å²) in [6.45, 7) is 12.1. The summed E-state index contributed by atoms with van der Waals surface area (Å²) in [5.41, 5.74) is 4.74. The summed E-state index contributed by atoms with van der Waals surface area (Å²) < 4.78 is 5.43. The second-order valence-corrected chi connectivity index (χ2v) is 4.69. The van der Waals surface area contributed by atoms with Crippen molar-refractivity contribution in [3.8, 4) is 0 Å². The normalized spacial score (nSPS) is 20.3. The molecular formula is C18H26NOYb-. The molecule has 3 heteroatoms. The summed E-state index contributed by atoms with van der Waals surface area (Å²) in [6.07, 6.45) is 4.11. The van der Waals surface area contributed by atoms with E-state index < -0.39 is 0 Å². The zero-order valence-electron chi connectivity index (χ0n) is 13.6. The third-order valence-electron chi connectivity index (χ3n) is 3.21.